The SMILES string of the molecule is CC(C)CCN1CCCC12CNCC(C)C2. The molecule has 0 saturated carbocycles. The van der Waals surface area contributed by atoms with Crippen molar-refractivity contribution in [1.29, 1.82) is 0 Å². The molecule has 0 aliphatic carbocycles. The van der Waals surface area contributed by atoms with Gasteiger partial charge in [0.1, 0.15) is 0 Å². The summed E-state index contributed by atoms with van der Waals surface area (Å²) in [6.07, 6.45) is 5.60. The van der Waals surface area contributed by atoms with Gasteiger partial charge in [0.15, 0.2) is 0 Å². The summed E-state index contributed by atoms with van der Waals surface area (Å²) < 4.78 is 0. The van der Waals surface area contributed by atoms with Crippen LogP contribution in [0, 0.1) is 11.8 Å². The third-order valence-electron chi connectivity index (χ3n) is 4.39. The summed E-state index contributed by atoms with van der Waals surface area (Å²) in [5.41, 5.74) is 0.520. The van der Waals surface area contributed by atoms with Crippen LogP contribution in [0.25, 0.3) is 0 Å². The van der Waals surface area contributed by atoms with Crippen LogP contribution in [0.5, 0.6) is 0 Å². The van der Waals surface area contributed by atoms with Crippen molar-refractivity contribution >= 4 is 0 Å². The lowest BCUT2D eigenvalue weighted by Crippen LogP contribution is -2.56. The van der Waals surface area contributed by atoms with E-state index in [-0.39, 0.29) is 0 Å². The van der Waals surface area contributed by atoms with Gasteiger partial charge in [0.25, 0.3) is 0 Å². The second-order valence-corrected chi connectivity index (χ2v) is 6.44. The molecule has 0 radical (unpaired) electrons. The highest BCUT2D eigenvalue weighted by atomic mass is 15.2. The number of likely N-dealkylation sites (tertiary alicyclic amines) is 1. The Balaban J connectivity index is 1.95. The predicted molar refractivity (Wildman–Crippen MR) is 69.6 cm³/mol. The number of piperidine rings is 1. The summed E-state index contributed by atoms with van der Waals surface area (Å²) >= 11 is 0. The molecular formula is C14H28N2. The van der Waals surface area contributed by atoms with Crippen LogP contribution in [0.2, 0.25) is 0 Å². The van der Waals surface area contributed by atoms with Gasteiger partial charge in [0.05, 0.1) is 0 Å². The molecule has 0 aromatic carbocycles. The zero-order valence-electron chi connectivity index (χ0n) is 11.3. The summed E-state index contributed by atoms with van der Waals surface area (Å²) in [6.45, 7) is 12.2. The van der Waals surface area contributed by atoms with Gasteiger partial charge in [-0.15, -0.1) is 0 Å². The van der Waals surface area contributed by atoms with Crippen molar-refractivity contribution in [3.63, 3.8) is 0 Å². The minimum atomic E-state index is 0.520. The predicted octanol–water partition coefficient (Wildman–Crippen LogP) is 2.50. The van der Waals surface area contributed by atoms with Gasteiger partial charge in [-0.1, -0.05) is 20.8 Å². The van der Waals surface area contributed by atoms with Crippen LogP contribution in [0.3, 0.4) is 0 Å². The van der Waals surface area contributed by atoms with Crippen LogP contribution in [-0.4, -0.2) is 36.6 Å². The molecule has 0 amide bonds. The lowest BCUT2D eigenvalue weighted by molar-refractivity contribution is 0.0801. The van der Waals surface area contributed by atoms with Gasteiger partial charge < -0.3 is 5.32 Å². The Hall–Kier alpha value is -0.0800. The molecule has 2 atom stereocenters. The van der Waals surface area contributed by atoms with Crippen LogP contribution in [0.15, 0.2) is 0 Å². The van der Waals surface area contributed by atoms with Crippen molar-refractivity contribution in [3.8, 4) is 0 Å². The first-order chi connectivity index (χ1) is 7.62. The molecule has 0 aromatic rings. The molecule has 2 rings (SSSR count). The Kier molecular flexibility index (Phi) is 3.91. The second-order valence-electron chi connectivity index (χ2n) is 6.44. The van der Waals surface area contributed by atoms with Gasteiger partial charge in [-0.25, -0.2) is 0 Å². The van der Waals surface area contributed by atoms with E-state index in [1.165, 1.54) is 51.9 Å². The van der Waals surface area contributed by atoms with E-state index in [4.69, 9.17) is 0 Å². The van der Waals surface area contributed by atoms with Crippen LogP contribution in [-0.2, 0) is 0 Å². The Morgan fingerprint density at radius 2 is 2.25 bits per heavy atom. The third-order valence-corrected chi connectivity index (χ3v) is 4.39. The molecule has 0 bridgehead atoms. The van der Waals surface area contributed by atoms with E-state index in [2.05, 4.69) is 31.0 Å². The molecule has 2 aliphatic rings. The third kappa shape index (κ3) is 2.60. The number of rotatable bonds is 3. The Morgan fingerprint density at radius 3 is 2.94 bits per heavy atom. The zero-order valence-corrected chi connectivity index (χ0v) is 11.3. The number of nitrogens with zero attached hydrogens (tertiary/aromatic N) is 1. The first-order valence-corrected chi connectivity index (χ1v) is 7.08. The molecule has 2 unspecified atom stereocenters. The molecule has 2 aliphatic heterocycles. The molecule has 2 fully saturated rings. The number of hydrogen-bond acceptors (Lipinski definition) is 2. The maximum Gasteiger partial charge on any atom is 0.0337 e. The molecular weight excluding hydrogens is 196 g/mol. The van der Waals surface area contributed by atoms with Crippen molar-refractivity contribution in [2.24, 2.45) is 11.8 Å². The standard InChI is InChI=1S/C14H28N2/c1-12(2)5-8-16-7-4-6-14(16)9-13(3)10-15-11-14/h12-13,15H,4-11H2,1-3H3. The molecule has 2 heterocycles. The molecule has 16 heavy (non-hydrogen) atoms. The molecule has 1 spiro atoms. The number of nitrogens with one attached hydrogen (secondary N) is 1. The molecule has 2 saturated heterocycles. The fraction of sp³-hybridized carbons (Fsp3) is 1.00. The second kappa shape index (κ2) is 5.05. The minimum absolute atomic E-state index is 0.520. The summed E-state index contributed by atoms with van der Waals surface area (Å²) in [6, 6.07) is 0. The Labute approximate surface area is 101 Å². The van der Waals surface area contributed by atoms with Crippen molar-refractivity contribution in [1.82, 2.24) is 10.2 Å². The largest absolute Gasteiger partial charge is 0.315 e. The summed E-state index contributed by atoms with van der Waals surface area (Å²) in [4.78, 5) is 2.79. The maximum absolute atomic E-state index is 3.64. The van der Waals surface area contributed by atoms with Crippen LogP contribution in [0.1, 0.15) is 46.5 Å². The molecule has 2 heteroatoms. The van der Waals surface area contributed by atoms with Gasteiger partial charge in [0.2, 0.25) is 0 Å². The van der Waals surface area contributed by atoms with Gasteiger partial charge in [-0.05, 0) is 57.2 Å². The van der Waals surface area contributed by atoms with Gasteiger partial charge in [0, 0.05) is 12.1 Å². The molecule has 2 nitrogen and oxygen atoms in total. The first kappa shape index (κ1) is 12.4. The van der Waals surface area contributed by atoms with Crippen molar-refractivity contribution < 1.29 is 0 Å². The van der Waals surface area contributed by atoms with Gasteiger partial charge in [-0.3, -0.25) is 4.90 Å². The normalized spacial score (nSPS) is 36.4. The van der Waals surface area contributed by atoms with Crippen LogP contribution < -0.4 is 5.32 Å². The quantitative estimate of drug-likeness (QED) is 0.792. The van der Waals surface area contributed by atoms with E-state index in [9.17, 15) is 0 Å². The van der Waals surface area contributed by atoms with E-state index in [1.807, 2.05) is 0 Å². The highest BCUT2D eigenvalue weighted by Gasteiger charge is 2.42. The van der Waals surface area contributed by atoms with Gasteiger partial charge in [-0.2, -0.15) is 0 Å². The minimum Gasteiger partial charge on any atom is -0.315 e. The molecule has 0 aromatic heterocycles. The van der Waals surface area contributed by atoms with Crippen LogP contribution >= 0.6 is 0 Å². The maximum atomic E-state index is 3.64. The average Bonchev–Trinajstić information content (AvgIpc) is 2.57. The van der Waals surface area contributed by atoms with Crippen molar-refractivity contribution in [2.75, 3.05) is 26.2 Å². The highest BCUT2D eigenvalue weighted by Crippen LogP contribution is 2.36. The fourth-order valence-corrected chi connectivity index (χ4v) is 3.53. The lowest BCUT2D eigenvalue weighted by atomic mass is 9.82. The first-order valence-electron chi connectivity index (χ1n) is 7.08. The van der Waals surface area contributed by atoms with Crippen LogP contribution in [0.4, 0.5) is 0 Å². The number of hydrogen-bond donors (Lipinski definition) is 1. The summed E-state index contributed by atoms with van der Waals surface area (Å²) in [5, 5.41) is 3.64. The fourth-order valence-electron chi connectivity index (χ4n) is 3.53. The topological polar surface area (TPSA) is 15.3 Å². The van der Waals surface area contributed by atoms with E-state index >= 15 is 0 Å². The monoisotopic (exact) mass is 224 g/mol. The Bertz CT molecular complexity index is 227. The smallest absolute Gasteiger partial charge is 0.0337 e. The lowest BCUT2D eigenvalue weighted by Gasteiger charge is -2.44. The summed E-state index contributed by atoms with van der Waals surface area (Å²) in [7, 11) is 0. The van der Waals surface area contributed by atoms with E-state index in [1.54, 1.807) is 0 Å². The van der Waals surface area contributed by atoms with E-state index in [0.717, 1.165) is 11.8 Å². The summed E-state index contributed by atoms with van der Waals surface area (Å²) in [5.74, 6) is 1.69. The van der Waals surface area contributed by atoms with Crippen molar-refractivity contribution in [3.05, 3.63) is 0 Å². The average molecular weight is 224 g/mol. The molecule has 94 valence electrons. The highest BCUT2D eigenvalue weighted by molar-refractivity contribution is 5.01. The van der Waals surface area contributed by atoms with E-state index in [0.29, 0.717) is 5.54 Å². The molecule has 1 N–H and O–H groups in total. The van der Waals surface area contributed by atoms with E-state index < -0.39 is 0 Å². The van der Waals surface area contributed by atoms with Crippen molar-refractivity contribution in [2.45, 2.75) is 52.0 Å². The van der Waals surface area contributed by atoms with Gasteiger partial charge >= 0.3 is 0 Å². The Morgan fingerprint density at radius 1 is 1.44 bits per heavy atom. The zero-order chi connectivity index (χ0) is 11.6.